The van der Waals surface area contributed by atoms with Crippen LogP contribution in [0, 0.1) is 0 Å². The van der Waals surface area contributed by atoms with Gasteiger partial charge in [-0.15, -0.1) is 0 Å². The third-order valence-corrected chi connectivity index (χ3v) is 0. The topological polar surface area (TPSA) is 57.0 Å². The van der Waals surface area contributed by atoms with E-state index in [2.05, 4.69) is 0 Å². The zero-order valence-electron chi connectivity index (χ0n) is 1.90. The molecule has 0 spiro atoms. The van der Waals surface area contributed by atoms with E-state index in [9.17, 15) is 0 Å². The van der Waals surface area contributed by atoms with Crippen LogP contribution in [0.4, 0.5) is 0 Å². The molecule has 4 heavy (non-hydrogen) atoms. The van der Waals surface area contributed by atoms with Gasteiger partial charge < -0.3 is 11.0 Å². The van der Waals surface area contributed by atoms with Crippen molar-refractivity contribution in [2.75, 3.05) is 0 Å². The normalized spacial score (nSPS) is 0. The minimum atomic E-state index is 0. The molecule has 0 heterocycles. The van der Waals surface area contributed by atoms with Crippen LogP contribution in [0.25, 0.3) is 0 Å². The second kappa shape index (κ2) is 29.7. The smallest absolute Gasteiger partial charge is 2.00 e. The van der Waals surface area contributed by atoms with Crippen LogP contribution in [-0.2, 0) is 28.0 Å². The summed E-state index contributed by atoms with van der Waals surface area (Å²) in [7, 11) is 0. The first-order valence-electron chi connectivity index (χ1n) is 0. The molecular weight excluding hydrogens is 111 g/mol. The van der Waals surface area contributed by atoms with E-state index in [4.69, 9.17) is 0 Å². The molecule has 0 saturated carbocycles. The van der Waals surface area contributed by atoms with E-state index in [0.717, 1.165) is 0 Å². The molecule has 0 unspecified atom stereocenters. The fourth-order valence-corrected chi connectivity index (χ4v) is 0. The molecule has 0 aliphatic carbocycles. The summed E-state index contributed by atoms with van der Waals surface area (Å²) in [4.78, 5) is 0. The quantitative estimate of drug-likeness (QED) is 0.374. The first-order valence-corrected chi connectivity index (χ1v) is 0. The fraction of sp³-hybridized carbons (Fsp3) is 0. The zero-order valence-corrected chi connectivity index (χ0v) is 4.50. The molecule has 0 aliphatic rings. The van der Waals surface area contributed by atoms with Crippen molar-refractivity contribution in [2.24, 2.45) is 0 Å². The van der Waals surface area contributed by atoms with Gasteiger partial charge >= 0.3 is 40.1 Å². The Labute approximate surface area is 51.2 Å². The van der Waals surface area contributed by atoms with Gasteiger partial charge in [0.05, 0.1) is 0 Å². The van der Waals surface area contributed by atoms with Crippen LogP contribution in [0.15, 0.2) is 0 Å². The summed E-state index contributed by atoms with van der Waals surface area (Å²) >= 11 is 0. The van der Waals surface area contributed by atoms with Gasteiger partial charge in [-0.1, -0.05) is 0 Å². The molecule has 0 N–H and O–H groups in total. The van der Waals surface area contributed by atoms with Gasteiger partial charge in [0.2, 0.25) is 0 Å². The summed E-state index contributed by atoms with van der Waals surface area (Å²) < 4.78 is 0. The molecule has 2 nitrogen and oxygen atoms in total. The van der Waals surface area contributed by atoms with Crippen molar-refractivity contribution < 1.29 is 28.0 Å². The Morgan fingerprint density at radius 3 is 0.750 bits per heavy atom. The minimum Gasteiger partial charge on any atom is -2.00 e. The number of rotatable bonds is 0. The van der Waals surface area contributed by atoms with Crippen molar-refractivity contribution in [1.29, 1.82) is 0 Å². The van der Waals surface area contributed by atoms with E-state index in [0.29, 0.717) is 0 Å². The minimum absolute atomic E-state index is 0. The summed E-state index contributed by atoms with van der Waals surface area (Å²) in [6.45, 7) is 0. The molecule has 0 aliphatic heterocycles. The molecule has 0 saturated heterocycles. The Balaban J connectivity index is 0. The zero-order chi connectivity index (χ0) is 0. The second-order valence-electron chi connectivity index (χ2n) is 0. The molecule has 0 aromatic rings. The molecule has 1 radical (unpaired) electrons. The molecule has 0 fully saturated rings. The molecular formula is MgMnO2. The first kappa shape index (κ1) is 63.3. The maximum Gasteiger partial charge on any atom is 2.00 e. The Morgan fingerprint density at radius 1 is 0.750 bits per heavy atom. The van der Waals surface area contributed by atoms with Crippen LogP contribution in [0.1, 0.15) is 0 Å². The molecule has 0 bridgehead atoms. The maximum absolute atomic E-state index is 0. The van der Waals surface area contributed by atoms with E-state index in [1.807, 2.05) is 0 Å². The molecule has 0 aromatic carbocycles. The predicted octanol–water partition coefficient (Wildman–Crippen LogP) is -0.621. The van der Waals surface area contributed by atoms with Gasteiger partial charge in [0.1, 0.15) is 0 Å². The molecule has 0 aromatic heterocycles. The largest absolute Gasteiger partial charge is 2.00 e. The Morgan fingerprint density at radius 2 is 0.750 bits per heavy atom. The number of hydrogen-bond acceptors (Lipinski definition) is 0. The van der Waals surface area contributed by atoms with Crippen molar-refractivity contribution in [3.63, 3.8) is 0 Å². The van der Waals surface area contributed by atoms with E-state index in [1.54, 1.807) is 0 Å². The third-order valence-electron chi connectivity index (χ3n) is 0. The average Bonchev–Trinajstić information content (AvgIpc) is 0. The average molecular weight is 111 g/mol. The van der Waals surface area contributed by atoms with E-state index >= 15 is 0 Å². The first-order chi connectivity index (χ1) is 0. The summed E-state index contributed by atoms with van der Waals surface area (Å²) in [5, 5.41) is 0. The van der Waals surface area contributed by atoms with Gasteiger partial charge in [-0.25, -0.2) is 0 Å². The van der Waals surface area contributed by atoms with Crippen molar-refractivity contribution in [3.8, 4) is 0 Å². The van der Waals surface area contributed by atoms with Crippen LogP contribution in [0.2, 0.25) is 0 Å². The van der Waals surface area contributed by atoms with Gasteiger partial charge in [0.25, 0.3) is 0 Å². The summed E-state index contributed by atoms with van der Waals surface area (Å²) in [6.07, 6.45) is 0. The van der Waals surface area contributed by atoms with Crippen LogP contribution < -0.4 is 0 Å². The summed E-state index contributed by atoms with van der Waals surface area (Å²) in [6, 6.07) is 0. The standard InChI is InChI=1S/Mg.Mn.2O/q2*+2;2*-2. The van der Waals surface area contributed by atoms with E-state index in [1.165, 1.54) is 0 Å². The SMILES string of the molecule is [Mg+2].[Mn+2].[O-2].[O-2]. The molecule has 0 atom stereocenters. The Hall–Kier alpha value is 1.21. The van der Waals surface area contributed by atoms with Gasteiger partial charge in [-0.05, 0) is 0 Å². The van der Waals surface area contributed by atoms with Crippen LogP contribution in [-0.4, -0.2) is 23.1 Å². The second-order valence-corrected chi connectivity index (χ2v) is 0. The van der Waals surface area contributed by atoms with Crippen molar-refractivity contribution in [2.45, 2.75) is 0 Å². The van der Waals surface area contributed by atoms with Crippen molar-refractivity contribution in [1.82, 2.24) is 0 Å². The van der Waals surface area contributed by atoms with Crippen LogP contribution in [0.3, 0.4) is 0 Å². The number of hydrogen-bond donors (Lipinski definition) is 0. The van der Waals surface area contributed by atoms with Gasteiger partial charge in [0.15, 0.2) is 0 Å². The van der Waals surface area contributed by atoms with Gasteiger partial charge in [-0.2, -0.15) is 0 Å². The third kappa shape index (κ3) is 10.7. The van der Waals surface area contributed by atoms with E-state index < -0.39 is 0 Å². The van der Waals surface area contributed by atoms with Crippen LogP contribution >= 0.6 is 0 Å². The molecule has 0 rings (SSSR count). The van der Waals surface area contributed by atoms with E-state index in [-0.39, 0.29) is 51.1 Å². The summed E-state index contributed by atoms with van der Waals surface area (Å²) in [5.41, 5.74) is 0. The molecule has 21 valence electrons. The van der Waals surface area contributed by atoms with Gasteiger partial charge in [-0.3, -0.25) is 0 Å². The van der Waals surface area contributed by atoms with Crippen molar-refractivity contribution >= 4 is 23.1 Å². The fourth-order valence-electron chi connectivity index (χ4n) is 0. The molecule has 4 heteroatoms. The maximum atomic E-state index is 0. The monoisotopic (exact) mass is 111 g/mol. The Bertz CT molecular complexity index is 6.00. The predicted molar refractivity (Wildman–Crippen MR) is 7.13 cm³/mol. The van der Waals surface area contributed by atoms with Crippen molar-refractivity contribution in [3.05, 3.63) is 0 Å². The van der Waals surface area contributed by atoms with Crippen LogP contribution in [0.5, 0.6) is 0 Å². The molecule has 0 amide bonds. The van der Waals surface area contributed by atoms with Gasteiger partial charge in [0, 0.05) is 0 Å². The summed E-state index contributed by atoms with van der Waals surface area (Å²) in [5.74, 6) is 0. The Kier molecular flexibility index (Phi) is 471.